The lowest BCUT2D eigenvalue weighted by Crippen LogP contribution is -2.22. The fraction of sp³-hybridized carbons (Fsp3) is 0.625. The van der Waals surface area contributed by atoms with Gasteiger partial charge in [0.2, 0.25) is 0 Å². The van der Waals surface area contributed by atoms with Crippen molar-refractivity contribution in [3.63, 3.8) is 0 Å². The molecule has 1 aromatic rings. The van der Waals surface area contributed by atoms with E-state index in [1.165, 1.54) is 0 Å². The molecule has 80 valence electrons. The molecule has 2 N–H and O–H groups in total. The number of hydrogen-bond acceptors (Lipinski definition) is 2. The largest absolute Gasteiger partial charge is 0.432 e. The highest BCUT2D eigenvalue weighted by Crippen LogP contribution is 2.27. The van der Waals surface area contributed by atoms with E-state index < -0.39 is 11.9 Å². The Kier molecular flexibility index (Phi) is 3.15. The molecule has 0 atom stereocenters. The SMILES string of the molecule is CC(C)NCc1ncc(C(F)(F)F)[nH]1. The molecule has 0 amide bonds. The van der Waals surface area contributed by atoms with E-state index in [-0.39, 0.29) is 6.04 Å². The van der Waals surface area contributed by atoms with E-state index in [4.69, 9.17) is 0 Å². The summed E-state index contributed by atoms with van der Waals surface area (Å²) in [5.41, 5.74) is -0.807. The minimum atomic E-state index is -4.34. The molecule has 1 rings (SSSR count). The zero-order chi connectivity index (χ0) is 10.8. The topological polar surface area (TPSA) is 40.7 Å². The molecule has 14 heavy (non-hydrogen) atoms. The Morgan fingerprint density at radius 1 is 1.50 bits per heavy atom. The normalized spacial score (nSPS) is 12.4. The van der Waals surface area contributed by atoms with Crippen molar-refractivity contribution in [1.29, 1.82) is 0 Å². The average Bonchev–Trinajstić information content (AvgIpc) is 2.47. The summed E-state index contributed by atoms with van der Waals surface area (Å²) in [4.78, 5) is 5.83. The summed E-state index contributed by atoms with van der Waals surface area (Å²) >= 11 is 0. The molecule has 0 spiro atoms. The lowest BCUT2D eigenvalue weighted by atomic mass is 10.4. The number of aromatic nitrogens is 2. The molecule has 0 aromatic carbocycles. The third kappa shape index (κ3) is 3.02. The molecule has 0 aliphatic heterocycles. The smallest absolute Gasteiger partial charge is 0.337 e. The number of aromatic amines is 1. The summed E-state index contributed by atoms with van der Waals surface area (Å²) in [5, 5.41) is 2.97. The van der Waals surface area contributed by atoms with Gasteiger partial charge in [-0.3, -0.25) is 0 Å². The molecular weight excluding hydrogens is 195 g/mol. The molecule has 3 nitrogen and oxygen atoms in total. The van der Waals surface area contributed by atoms with E-state index in [9.17, 15) is 13.2 Å². The summed E-state index contributed by atoms with van der Waals surface area (Å²) in [5.74, 6) is 0.297. The van der Waals surface area contributed by atoms with Crippen LogP contribution >= 0.6 is 0 Å². The Morgan fingerprint density at radius 2 is 2.14 bits per heavy atom. The number of nitrogens with one attached hydrogen (secondary N) is 2. The number of alkyl halides is 3. The second-order valence-electron chi connectivity index (χ2n) is 3.28. The van der Waals surface area contributed by atoms with Crippen molar-refractivity contribution in [3.05, 3.63) is 17.7 Å². The molecule has 1 heterocycles. The molecule has 0 radical (unpaired) electrons. The fourth-order valence-electron chi connectivity index (χ4n) is 0.897. The number of rotatable bonds is 3. The molecular formula is C8H12F3N3. The van der Waals surface area contributed by atoms with Gasteiger partial charge in [-0.1, -0.05) is 13.8 Å². The molecule has 0 saturated heterocycles. The van der Waals surface area contributed by atoms with Gasteiger partial charge >= 0.3 is 6.18 Å². The number of nitrogens with zero attached hydrogens (tertiary/aromatic N) is 1. The molecule has 0 unspecified atom stereocenters. The maximum Gasteiger partial charge on any atom is 0.432 e. The Hall–Kier alpha value is -1.04. The van der Waals surface area contributed by atoms with Crippen LogP contribution in [0.4, 0.5) is 13.2 Å². The van der Waals surface area contributed by atoms with Crippen molar-refractivity contribution in [2.45, 2.75) is 32.6 Å². The number of hydrogen-bond donors (Lipinski definition) is 2. The van der Waals surface area contributed by atoms with E-state index in [0.29, 0.717) is 12.4 Å². The van der Waals surface area contributed by atoms with Crippen LogP contribution in [0.15, 0.2) is 6.20 Å². The first kappa shape index (κ1) is 11.0. The van der Waals surface area contributed by atoms with Gasteiger partial charge in [-0.25, -0.2) is 4.98 Å². The van der Waals surface area contributed by atoms with Crippen molar-refractivity contribution in [2.75, 3.05) is 0 Å². The first-order chi connectivity index (χ1) is 6.39. The fourth-order valence-corrected chi connectivity index (χ4v) is 0.897. The molecule has 0 saturated carbocycles. The van der Waals surface area contributed by atoms with Crippen molar-refractivity contribution in [2.24, 2.45) is 0 Å². The van der Waals surface area contributed by atoms with Gasteiger partial charge in [0, 0.05) is 6.04 Å². The van der Waals surface area contributed by atoms with Gasteiger partial charge in [0.1, 0.15) is 11.5 Å². The van der Waals surface area contributed by atoms with Gasteiger partial charge in [-0.05, 0) is 0 Å². The average molecular weight is 207 g/mol. The van der Waals surface area contributed by atoms with Gasteiger partial charge in [0.05, 0.1) is 12.7 Å². The van der Waals surface area contributed by atoms with E-state index in [0.717, 1.165) is 6.20 Å². The first-order valence-corrected chi connectivity index (χ1v) is 4.24. The Bertz CT molecular complexity index is 290. The Morgan fingerprint density at radius 3 is 2.57 bits per heavy atom. The van der Waals surface area contributed by atoms with E-state index in [2.05, 4.69) is 15.3 Å². The monoisotopic (exact) mass is 207 g/mol. The molecule has 0 fully saturated rings. The quantitative estimate of drug-likeness (QED) is 0.795. The Balaban J connectivity index is 2.60. The summed E-state index contributed by atoms with van der Waals surface area (Å²) in [7, 11) is 0. The highest BCUT2D eigenvalue weighted by Gasteiger charge is 2.32. The lowest BCUT2D eigenvalue weighted by molar-refractivity contribution is -0.140. The third-order valence-electron chi connectivity index (χ3n) is 1.61. The first-order valence-electron chi connectivity index (χ1n) is 4.24. The minimum absolute atomic E-state index is 0.217. The summed E-state index contributed by atoms with van der Waals surface area (Å²) in [6, 6.07) is 0.217. The van der Waals surface area contributed by atoms with Crippen LogP contribution in [0, 0.1) is 0 Å². The van der Waals surface area contributed by atoms with Crippen LogP contribution in [0.5, 0.6) is 0 Å². The van der Waals surface area contributed by atoms with Crippen LogP contribution in [0.2, 0.25) is 0 Å². The van der Waals surface area contributed by atoms with Crippen molar-refractivity contribution < 1.29 is 13.2 Å². The van der Waals surface area contributed by atoms with Gasteiger partial charge < -0.3 is 10.3 Å². The van der Waals surface area contributed by atoms with E-state index in [1.807, 2.05) is 13.8 Å². The maximum absolute atomic E-state index is 12.1. The molecule has 0 aliphatic rings. The summed E-state index contributed by atoms with van der Waals surface area (Å²) in [6.07, 6.45) is -3.54. The van der Waals surface area contributed by atoms with Gasteiger partial charge in [-0.2, -0.15) is 13.2 Å². The number of imidazole rings is 1. The van der Waals surface area contributed by atoms with Crippen LogP contribution in [0.25, 0.3) is 0 Å². The standard InChI is InChI=1S/C8H12F3N3/c1-5(2)12-4-7-13-3-6(14-7)8(9,10)11/h3,5,12H,4H2,1-2H3,(H,13,14). The van der Waals surface area contributed by atoms with E-state index in [1.54, 1.807) is 0 Å². The van der Waals surface area contributed by atoms with Crippen molar-refractivity contribution >= 4 is 0 Å². The number of halogens is 3. The highest BCUT2D eigenvalue weighted by atomic mass is 19.4. The van der Waals surface area contributed by atoms with Crippen LogP contribution in [0.1, 0.15) is 25.4 Å². The van der Waals surface area contributed by atoms with Crippen LogP contribution < -0.4 is 5.32 Å². The lowest BCUT2D eigenvalue weighted by Gasteiger charge is -2.05. The maximum atomic E-state index is 12.1. The van der Waals surface area contributed by atoms with E-state index >= 15 is 0 Å². The molecule has 1 aromatic heterocycles. The predicted octanol–water partition coefficient (Wildman–Crippen LogP) is 1.93. The summed E-state index contributed by atoms with van der Waals surface area (Å²) < 4.78 is 36.3. The third-order valence-corrected chi connectivity index (χ3v) is 1.61. The zero-order valence-electron chi connectivity index (χ0n) is 7.94. The molecule has 0 bridgehead atoms. The van der Waals surface area contributed by atoms with Crippen LogP contribution in [-0.2, 0) is 12.7 Å². The summed E-state index contributed by atoms with van der Waals surface area (Å²) in [6.45, 7) is 4.13. The molecule has 6 heteroatoms. The number of H-pyrrole nitrogens is 1. The van der Waals surface area contributed by atoms with Crippen molar-refractivity contribution in [1.82, 2.24) is 15.3 Å². The van der Waals surface area contributed by atoms with Crippen LogP contribution in [0.3, 0.4) is 0 Å². The van der Waals surface area contributed by atoms with Crippen LogP contribution in [-0.4, -0.2) is 16.0 Å². The Labute approximate surface area is 79.7 Å². The highest BCUT2D eigenvalue weighted by molar-refractivity contribution is 5.04. The predicted molar refractivity (Wildman–Crippen MR) is 45.6 cm³/mol. The van der Waals surface area contributed by atoms with Gasteiger partial charge in [0.25, 0.3) is 0 Å². The minimum Gasteiger partial charge on any atom is -0.337 e. The zero-order valence-corrected chi connectivity index (χ0v) is 7.94. The van der Waals surface area contributed by atoms with Gasteiger partial charge in [0.15, 0.2) is 0 Å². The van der Waals surface area contributed by atoms with Gasteiger partial charge in [-0.15, -0.1) is 0 Å². The second kappa shape index (κ2) is 4.00. The second-order valence-corrected chi connectivity index (χ2v) is 3.28. The van der Waals surface area contributed by atoms with Crippen molar-refractivity contribution in [3.8, 4) is 0 Å². The molecule has 0 aliphatic carbocycles.